The Hall–Kier alpha value is -2.42. The lowest BCUT2D eigenvalue weighted by Crippen LogP contribution is -2.52. The summed E-state index contributed by atoms with van der Waals surface area (Å²) in [5, 5.41) is 0. The second-order valence-electron chi connectivity index (χ2n) is 8.94. The molecular formula is C22H26F9N3O3. The number of carbonyl (C=O) groups excluding carboxylic acids is 1. The van der Waals surface area contributed by atoms with E-state index in [0.717, 1.165) is 32.4 Å². The van der Waals surface area contributed by atoms with E-state index >= 15 is 0 Å². The smallest absolute Gasteiger partial charge is 0.426 e. The number of benzene rings is 1. The number of ether oxygens (including phenoxy) is 2. The number of carbonyl (C=O) groups is 1. The van der Waals surface area contributed by atoms with E-state index in [-0.39, 0.29) is 44.0 Å². The van der Waals surface area contributed by atoms with Crippen molar-refractivity contribution in [1.82, 2.24) is 14.7 Å². The first-order chi connectivity index (χ1) is 17.1. The van der Waals surface area contributed by atoms with Crippen molar-refractivity contribution in [1.29, 1.82) is 0 Å². The van der Waals surface area contributed by atoms with Gasteiger partial charge >= 0.3 is 24.8 Å². The largest absolute Gasteiger partial charge is 0.573 e. The van der Waals surface area contributed by atoms with Crippen LogP contribution in [-0.4, -0.2) is 84.9 Å². The number of amides is 1. The van der Waals surface area contributed by atoms with Crippen molar-refractivity contribution in [2.24, 2.45) is 0 Å². The van der Waals surface area contributed by atoms with Gasteiger partial charge in [-0.15, -0.1) is 13.2 Å². The molecule has 0 aromatic heterocycles. The number of nitrogens with zero attached hydrogens (tertiary/aromatic N) is 3. The van der Waals surface area contributed by atoms with E-state index in [9.17, 15) is 44.3 Å². The topological polar surface area (TPSA) is 45.2 Å². The predicted molar refractivity (Wildman–Crippen MR) is 111 cm³/mol. The van der Waals surface area contributed by atoms with Gasteiger partial charge in [-0.05, 0) is 37.6 Å². The van der Waals surface area contributed by atoms with Gasteiger partial charge in [0.05, 0.1) is 0 Å². The van der Waals surface area contributed by atoms with Gasteiger partial charge in [-0.25, -0.2) is 4.79 Å². The molecule has 0 N–H and O–H groups in total. The molecule has 0 saturated carbocycles. The molecule has 0 bridgehead atoms. The highest BCUT2D eigenvalue weighted by Gasteiger charge is 2.60. The Kier molecular flexibility index (Phi) is 9.09. The Balaban J connectivity index is 1.62. The third kappa shape index (κ3) is 8.83. The van der Waals surface area contributed by atoms with E-state index in [1.807, 2.05) is 0 Å². The normalized spacial score (nSPS) is 18.8. The van der Waals surface area contributed by atoms with Crippen LogP contribution >= 0.6 is 0 Å². The molecular weight excluding hydrogens is 525 g/mol. The summed E-state index contributed by atoms with van der Waals surface area (Å²) in [6.45, 7) is 1.54. The zero-order valence-electron chi connectivity index (χ0n) is 19.6. The maximum Gasteiger partial charge on any atom is 0.573 e. The molecule has 0 atom stereocenters. The molecule has 15 heteroatoms. The van der Waals surface area contributed by atoms with Gasteiger partial charge in [0.1, 0.15) is 5.75 Å². The van der Waals surface area contributed by atoms with Crippen molar-refractivity contribution >= 4 is 6.09 Å². The fourth-order valence-electron chi connectivity index (χ4n) is 4.25. The van der Waals surface area contributed by atoms with Crippen molar-refractivity contribution in [2.45, 2.75) is 57.2 Å². The fourth-order valence-corrected chi connectivity index (χ4v) is 4.25. The zero-order valence-corrected chi connectivity index (χ0v) is 19.6. The van der Waals surface area contributed by atoms with Crippen molar-refractivity contribution in [3.63, 3.8) is 0 Å². The van der Waals surface area contributed by atoms with Gasteiger partial charge in [-0.2, -0.15) is 26.3 Å². The van der Waals surface area contributed by atoms with Crippen LogP contribution in [-0.2, 0) is 17.8 Å². The third-order valence-corrected chi connectivity index (χ3v) is 6.05. The van der Waals surface area contributed by atoms with Gasteiger partial charge in [0.2, 0.25) is 0 Å². The molecule has 1 aromatic rings. The van der Waals surface area contributed by atoms with Gasteiger partial charge in [-0.1, -0.05) is 18.6 Å². The molecule has 2 heterocycles. The van der Waals surface area contributed by atoms with E-state index in [1.54, 1.807) is 11.0 Å². The monoisotopic (exact) mass is 551 g/mol. The summed E-state index contributed by atoms with van der Waals surface area (Å²) in [4.78, 5) is 16.3. The summed E-state index contributed by atoms with van der Waals surface area (Å²) in [5.41, 5.74) is 0.839. The maximum absolute atomic E-state index is 13.0. The first-order valence-electron chi connectivity index (χ1n) is 11.5. The highest BCUT2D eigenvalue weighted by Crippen LogP contribution is 2.36. The van der Waals surface area contributed by atoms with Gasteiger partial charge in [-0.3, -0.25) is 9.80 Å². The quantitative estimate of drug-likeness (QED) is 0.448. The summed E-state index contributed by atoms with van der Waals surface area (Å²) in [7, 11) is 0. The van der Waals surface area contributed by atoms with Crippen molar-refractivity contribution < 1.29 is 53.8 Å². The summed E-state index contributed by atoms with van der Waals surface area (Å²) >= 11 is 0. The summed E-state index contributed by atoms with van der Waals surface area (Å²) in [6, 6.07) is 4.51. The SMILES string of the molecule is O=C(OC(C(F)(F)F)C(F)(F)F)N1CCN(Cc2ccc(CN3CCCCC3)cc2OC(F)(F)F)CC1. The highest BCUT2D eigenvalue weighted by molar-refractivity contribution is 5.68. The Labute approximate surface area is 206 Å². The van der Waals surface area contributed by atoms with E-state index < -0.39 is 30.9 Å². The van der Waals surface area contributed by atoms with Crippen LogP contribution < -0.4 is 4.74 Å². The summed E-state index contributed by atoms with van der Waals surface area (Å²) < 4.78 is 123. The second-order valence-corrected chi connectivity index (χ2v) is 8.94. The Morgan fingerprint density at radius 1 is 0.784 bits per heavy atom. The lowest BCUT2D eigenvalue weighted by atomic mass is 10.1. The molecule has 1 amide bonds. The molecule has 0 spiro atoms. The molecule has 0 radical (unpaired) electrons. The number of piperazine rings is 1. The van der Waals surface area contributed by atoms with Crippen LogP contribution in [0.1, 0.15) is 30.4 Å². The van der Waals surface area contributed by atoms with E-state index in [0.29, 0.717) is 17.0 Å². The molecule has 2 fully saturated rings. The number of hydrogen-bond acceptors (Lipinski definition) is 5. The average molecular weight is 551 g/mol. The molecule has 1 aromatic carbocycles. The van der Waals surface area contributed by atoms with Crippen molar-refractivity contribution in [3.05, 3.63) is 29.3 Å². The third-order valence-electron chi connectivity index (χ3n) is 6.05. The molecule has 2 aliphatic heterocycles. The van der Waals surface area contributed by atoms with Crippen LogP contribution in [0, 0.1) is 0 Å². The van der Waals surface area contributed by atoms with Crippen LogP contribution in [0.3, 0.4) is 0 Å². The Morgan fingerprint density at radius 3 is 1.89 bits per heavy atom. The van der Waals surface area contributed by atoms with Crippen LogP contribution in [0.5, 0.6) is 5.75 Å². The number of alkyl halides is 9. The van der Waals surface area contributed by atoms with Gasteiger partial charge < -0.3 is 14.4 Å². The Morgan fingerprint density at radius 2 is 1.35 bits per heavy atom. The second kappa shape index (κ2) is 11.5. The first-order valence-corrected chi connectivity index (χ1v) is 11.5. The van der Waals surface area contributed by atoms with Crippen LogP contribution in [0.4, 0.5) is 44.3 Å². The maximum atomic E-state index is 13.0. The van der Waals surface area contributed by atoms with Gasteiger partial charge in [0.25, 0.3) is 6.10 Å². The number of rotatable bonds is 6. The lowest BCUT2D eigenvalue weighted by molar-refractivity contribution is -0.308. The number of likely N-dealkylation sites (tertiary alicyclic amines) is 1. The molecule has 0 unspecified atom stereocenters. The zero-order chi connectivity index (χ0) is 27.4. The standard InChI is InChI=1S/C22H26F9N3O3/c23-20(24,25)18(21(26,27)28)36-19(35)34-10-8-33(9-11-34)14-16-5-4-15(12-17(16)37-22(29,30)31)13-32-6-2-1-3-7-32/h4-5,12,18H,1-3,6-11,13-14H2. The predicted octanol–water partition coefficient (Wildman–Crippen LogP) is 5.32. The molecule has 210 valence electrons. The van der Waals surface area contributed by atoms with Crippen LogP contribution in [0.2, 0.25) is 0 Å². The molecule has 2 saturated heterocycles. The first kappa shape index (κ1) is 29.1. The molecule has 6 nitrogen and oxygen atoms in total. The highest BCUT2D eigenvalue weighted by atomic mass is 19.4. The lowest BCUT2D eigenvalue weighted by Gasteiger charge is -2.35. The summed E-state index contributed by atoms with van der Waals surface area (Å²) in [6.07, 6.45) is -19.5. The minimum atomic E-state index is -5.83. The molecule has 3 rings (SSSR count). The average Bonchev–Trinajstić information content (AvgIpc) is 2.77. The molecule has 37 heavy (non-hydrogen) atoms. The van der Waals surface area contributed by atoms with Gasteiger partial charge in [0, 0.05) is 44.8 Å². The van der Waals surface area contributed by atoms with E-state index in [2.05, 4.69) is 14.4 Å². The van der Waals surface area contributed by atoms with Gasteiger partial charge in [0.15, 0.2) is 0 Å². The van der Waals surface area contributed by atoms with E-state index in [1.165, 1.54) is 12.1 Å². The van der Waals surface area contributed by atoms with E-state index in [4.69, 9.17) is 0 Å². The Bertz CT molecular complexity index is 893. The van der Waals surface area contributed by atoms with Crippen LogP contribution in [0.15, 0.2) is 18.2 Å². The number of hydrogen-bond donors (Lipinski definition) is 0. The summed E-state index contributed by atoms with van der Waals surface area (Å²) in [5.74, 6) is -0.387. The molecule has 0 aliphatic carbocycles. The number of halogens is 9. The van der Waals surface area contributed by atoms with Crippen molar-refractivity contribution in [2.75, 3.05) is 39.3 Å². The van der Waals surface area contributed by atoms with Crippen molar-refractivity contribution in [3.8, 4) is 5.75 Å². The number of piperidine rings is 1. The molecule has 2 aliphatic rings. The minimum absolute atomic E-state index is 0.0151. The van der Waals surface area contributed by atoms with Crippen LogP contribution in [0.25, 0.3) is 0 Å². The minimum Gasteiger partial charge on any atom is -0.426 e. The fraction of sp³-hybridized carbons (Fsp3) is 0.682.